The normalized spacial score (nSPS) is 11.3. The van der Waals surface area contributed by atoms with E-state index in [1.807, 2.05) is 44.2 Å². The lowest BCUT2D eigenvalue weighted by Gasteiger charge is -2.12. The lowest BCUT2D eigenvalue weighted by molar-refractivity contribution is 0.306. The Morgan fingerprint density at radius 2 is 1.68 bits per heavy atom. The molecule has 1 heterocycles. The maximum absolute atomic E-state index is 5.83. The van der Waals surface area contributed by atoms with Crippen molar-refractivity contribution in [1.82, 2.24) is 15.6 Å². The molecule has 2 aromatic carbocycles. The number of ether oxygens (including phenoxy) is 1. The first-order chi connectivity index (χ1) is 13.6. The van der Waals surface area contributed by atoms with E-state index in [0.717, 1.165) is 34.5 Å². The van der Waals surface area contributed by atoms with Crippen molar-refractivity contribution in [2.24, 2.45) is 4.99 Å². The van der Waals surface area contributed by atoms with Gasteiger partial charge >= 0.3 is 0 Å². The minimum Gasteiger partial charge on any atom is -0.489 e. The molecule has 0 aliphatic carbocycles. The molecule has 5 nitrogen and oxygen atoms in total. The molecule has 0 saturated carbocycles. The molecule has 3 rings (SSSR count). The largest absolute Gasteiger partial charge is 0.489 e. The van der Waals surface area contributed by atoms with Gasteiger partial charge in [-0.3, -0.25) is 4.99 Å². The molecule has 28 heavy (non-hydrogen) atoms. The Labute approximate surface area is 170 Å². The second kappa shape index (κ2) is 9.90. The number of hydrogen-bond acceptors (Lipinski definition) is 4. The third-order valence-electron chi connectivity index (χ3n) is 4.27. The van der Waals surface area contributed by atoms with Crippen LogP contribution in [0.25, 0.3) is 0 Å². The Kier molecular flexibility index (Phi) is 7.03. The molecule has 1 aromatic heterocycles. The number of aryl methyl sites for hydroxylation is 2. The van der Waals surface area contributed by atoms with Gasteiger partial charge < -0.3 is 15.4 Å². The van der Waals surface area contributed by atoms with Gasteiger partial charge in [0.2, 0.25) is 0 Å². The number of aliphatic imine (C=N–C) groups is 1. The van der Waals surface area contributed by atoms with Gasteiger partial charge in [-0.2, -0.15) is 0 Å². The van der Waals surface area contributed by atoms with Gasteiger partial charge in [-0.1, -0.05) is 42.5 Å². The number of nitrogens with zero attached hydrogens (tertiary/aromatic N) is 2. The van der Waals surface area contributed by atoms with Crippen LogP contribution >= 0.6 is 11.3 Å². The van der Waals surface area contributed by atoms with Crippen LogP contribution in [0, 0.1) is 13.8 Å². The molecular weight excluding hydrogens is 368 g/mol. The van der Waals surface area contributed by atoms with Crippen LogP contribution < -0.4 is 15.4 Å². The first kappa shape index (κ1) is 19.9. The minimum atomic E-state index is 0.575. The maximum atomic E-state index is 5.83. The summed E-state index contributed by atoms with van der Waals surface area (Å²) in [7, 11) is 1.78. The first-order valence-electron chi connectivity index (χ1n) is 9.27. The number of hydrogen-bond donors (Lipinski definition) is 2. The van der Waals surface area contributed by atoms with Crippen LogP contribution in [0.1, 0.15) is 26.7 Å². The molecule has 3 aromatic rings. The molecule has 0 bridgehead atoms. The van der Waals surface area contributed by atoms with E-state index >= 15 is 0 Å². The van der Waals surface area contributed by atoms with Gasteiger partial charge in [0, 0.05) is 18.5 Å². The summed E-state index contributed by atoms with van der Waals surface area (Å²) in [5.74, 6) is 1.64. The van der Waals surface area contributed by atoms with E-state index in [-0.39, 0.29) is 0 Å². The highest BCUT2D eigenvalue weighted by Gasteiger charge is 2.06. The van der Waals surface area contributed by atoms with Gasteiger partial charge in [0.15, 0.2) is 5.96 Å². The molecule has 2 N–H and O–H groups in total. The van der Waals surface area contributed by atoms with Crippen LogP contribution in [0.15, 0.2) is 59.6 Å². The molecule has 0 saturated heterocycles. The Balaban J connectivity index is 1.46. The number of aromatic nitrogens is 1. The number of nitrogens with one attached hydrogen (secondary N) is 2. The summed E-state index contributed by atoms with van der Waals surface area (Å²) in [6.07, 6.45) is 0. The van der Waals surface area contributed by atoms with Crippen molar-refractivity contribution in [3.05, 3.63) is 81.3 Å². The number of rotatable bonds is 7. The summed E-state index contributed by atoms with van der Waals surface area (Å²) in [5.41, 5.74) is 3.41. The minimum absolute atomic E-state index is 0.575. The smallest absolute Gasteiger partial charge is 0.191 e. The zero-order valence-corrected chi connectivity index (χ0v) is 17.3. The summed E-state index contributed by atoms with van der Waals surface area (Å²) in [6, 6.07) is 18.3. The molecule has 146 valence electrons. The monoisotopic (exact) mass is 394 g/mol. The van der Waals surface area contributed by atoms with E-state index in [1.165, 1.54) is 10.4 Å². The van der Waals surface area contributed by atoms with E-state index in [0.29, 0.717) is 13.2 Å². The lowest BCUT2D eigenvalue weighted by Crippen LogP contribution is -2.36. The third-order valence-corrected chi connectivity index (χ3v) is 5.34. The zero-order valence-electron chi connectivity index (χ0n) is 16.5. The second-order valence-corrected chi connectivity index (χ2v) is 7.73. The van der Waals surface area contributed by atoms with E-state index < -0.39 is 0 Å². The fourth-order valence-electron chi connectivity index (χ4n) is 2.75. The molecule has 0 unspecified atom stereocenters. The summed E-state index contributed by atoms with van der Waals surface area (Å²) in [5, 5.41) is 7.78. The van der Waals surface area contributed by atoms with Gasteiger partial charge in [-0.05, 0) is 37.1 Å². The molecule has 0 fully saturated rings. The average molecular weight is 395 g/mol. The highest BCUT2D eigenvalue weighted by Crippen LogP contribution is 2.17. The average Bonchev–Trinajstić information content (AvgIpc) is 3.05. The fraction of sp³-hybridized carbons (Fsp3) is 0.273. The van der Waals surface area contributed by atoms with Crippen molar-refractivity contribution >= 4 is 17.3 Å². The van der Waals surface area contributed by atoms with E-state index in [4.69, 9.17) is 4.74 Å². The van der Waals surface area contributed by atoms with Crippen LogP contribution in [-0.4, -0.2) is 18.0 Å². The quantitative estimate of drug-likeness (QED) is 0.466. The Morgan fingerprint density at radius 3 is 2.32 bits per heavy atom. The Morgan fingerprint density at radius 1 is 0.964 bits per heavy atom. The van der Waals surface area contributed by atoms with Crippen molar-refractivity contribution in [2.45, 2.75) is 33.5 Å². The van der Waals surface area contributed by atoms with Gasteiger partial charge in [0.25, 0.3) is 0 Å². The molecule has 0 atom stereocenters. The van der Waals surface area contributed by atoms with Gasteiger partial charge in [-0.15, -0.1) is 11.3 Å². The molecule has 0 aliphatic heterocycles. The van der Waals surface area contributed by atoms with Crippen LogP contribution in [0.4, 0.5) is 0 Å². The summed E-state index contributed by atoms with van der Waals surface area (Å²) < 4.78 is 5.83. The van der Waals surface area contributed by atoms with Gasteiger partial charge in [0.05, 0.1) is 17.2 Å². The highest BCUT2D eigenvalue weighted by molar-refractivity contribution is 7.11. The number of thiazole rings is 1. The van der Waals surface area contributed by atoms with Crippen LogP contribution in [0.2, 0.25) is 0 Å². The van der Waals surface area contributed by atoms with Crippen LogP contribution in [0.3, 0.4) is 0 Å². The van der Waals surface area contributed by atoms with Crippen molar-refractivity contribution in [2.75, 3.05) is 7.05 Å². The van der Waals surface area contributed by atoms with Crippen molar-refractivity contribution in [3.8, 4) is 5.75 Å². The molecule has 0 amide bonds. The summed E-state index contributed by atoms with van der Waals surface area (Å²) in [6.45, 7) is 6.06. The Hall–Kier alpha value is -2.86. The number of guanidine groups is 1. The van der Waals surface area contributed by atoms with Gasteiger partial charge in [-0.25, -0.2) is 4.98 Å². The predicted octanol–water partition coefficient (Wildman–Crippen LogP) is 4.20. The maximum Gasteiger partial charge on any atom is 0.191 e. The Bertz CT molecular complexity index is 904. The molecule has 6 heteroatoms. The lowest BCUT2D eigenvalue weighted by atomic mass is 10.2. The van der Waals surface area contributed by atoms with E-state index in [2.05, 4.69) is 44.9 Å². The predicted molar refractivity (Wildman–Crippen MR) is 116 cm³/mol. The summed E-state index contributed by atoms with van der Waals surface area (Å²) in [4.78, 5) is 9.98. The van der Waals surface area contributed by atoms with E-state index in [9.17, 15) is 0 Å². The van der Waals surface area contributed by atoms with Crippen molar-refractivity contribution in [3.63, 3.8) is 0 Å². The number of benzene rings is 2. The third kappa shape index (κ3) is 5.82. The SMILES string of the molecule is CN=C(NCc1ccc(OCc2ccccc2)cc1)NCc1sc(C)nc1C. The molecule has 0 aliphatic rings. The van der Waals surface area contributed by atoms with Crippen LogP contribution in [0.5, 0.6) is 5.75 Å². The van der Waals surface area contributed by atoms with Crippen molar-refractivity contribution in [1.29, 1.82) is 0 Å². The zero-order chi connectivity index (χ0) is 19.8. The fourth-order valence-corrected chi connectivity index (χ4v) is 3.63. The topological polar surface area (TPSA) is 58.5 Å². The van der Waals surface area contributed by atoms with E-state index in [1.54, 1.807) is 18.4 Å². The summed E-state index contributed by atoms with van der Waals surface area (Å²) >= 11 is 1.72. The molecular formula is C22H26N4OS. The van der Waals surface area contributed by atoms with Crippen molar-refractivity contribution < 1.29 is 4.74 Å². The van der Waals surface area contributed by atoms with Gasteiger partial charge in [0.1, 0.15) is 12.4 Å². The van der Waals surface area contributed by atoms with Crippen LogP contribution in [-0.2, 0) is 19.7 Å². The highest BCUT2D eigenvalue weighted by atomic mass is 32.1. The molecule has 0 spiro atoms. The first-order valence-corrected chi connectivity index (χ1v) is 10.1. The second-order valence-electron chi connectivity index (χ2n) is 6.44. The molecule has 0 radical (unpaired) electrons. The standard InChI is InChI=1S/C22H26N4OS/c1-16-21(28-17(2)26-16)14-25-22(23-3)24-13-18-9-11-20(12-10-18)27-15-19-7-5-4-6-8-19/h4-12H,13-15H2,1-3H3,(H2,23,24,25).